The zero-order valence-electron chi connectivity index (χ0n) is 10.5. The second kappa shape index (κ2) is 4.75. The number of hydrogen-bond donors (Lipinski definition) is 2. The van der Waals surface area contributed by atoms with E-state index in [0.717, 1.165) is 29.0 Å². The molecule has 0 aliphatic heterocycles. The molecule has 0 aliphatic rings. The average molecular weight is 233 g/mol. The molecule has 0 aliphatic carbocycles. The molecule has 2 atom stereocenters. The number of aromatic nitrogens is 2. The fourth-order valence-corrected chi connectivity index (χ4v) is 1.82. The van der Waals surface area contributed by atoms with E-state index in [-0.39, 0.29) is 6.04 Å². The van der Waals surface area contributed by atoms with Crippen LogP contribution in [0.1, 0.15) is 32.1 Å². The molecule has 0 spiro atoms. The highest BCUT2D eigenvalue weighted by Gasteiger charge is 2.17. The molecule has 2 unspecified atom stereocenters. The normalized spacial score (nSPS) is 14.8. The highest BCUT2D eigenvalue weighted by molar-refractivity contribution is 5.76. The van der Waals surface area contributed by atoms with Crippen LogP contribution in [0.3, 0.4) is 0 Å². The van der Waals surface area contributed by atoms with Crippen LogP contribution in [0.25, 0.3) is 11.0 Å². The van der Waals surface area contributed by atoms with Gasteiger partial charge in [0.05, 0.1) is 24.2 Å². The number of rotatable bonds is 4. The van der Waals surface area contributed by atoms with Crippen LogP contribution in [0.15, 0.2) is 18.2 Å². The van der Waals surface area contributed by atoms with Gasteiger partial charge in [-0.2, -0.15) is 0 Å². The monoisotopic (exact) mass is 233 g/mol. The van der Waals surface area contributed by atoms with Crippen LogP contribution in [-0.4, -0.2) is 17.1 Å². The second-order valence-electron chi connectivity index (χ2n) is 4.42. The Morgan fingerprint density at radius 3 is 2.88 bits per heavy atom. The van der Waals surface area contributed by atoms with Gasteiger partial charge in [0.2, 0.25) is 0 Å². The van der Waals surface area contributed by atoms with E-state index in [2.05, 4.69) is 23.8 Å². The van der Waals surface area contributed by atoms with E-state index in [0.29, 0.717) is 5.92 Å². The Morgan fingerprint density at radius 2 is 2.24 bits per heavy atom. The van der Waals surface area contributed by atoms with Crippen LogP contribution in [0.2, 0.25) is 0 Å². The maximum absolute atomic E-state index is 6.16. The summed E-state index contributed by atoms with van der Waals surface area (Å²) in [6.45, 7) is 4.27. The van der Waals surface area contributed by atoms with Crippen molar-refractivity contribution in [2.45, 2.75) is 26.3 Å². The summed E-state index contributed by atoms with van der Waals surface area (Å²) < 4.78 is 5.18. The fraction of sp³-hybridized carbons (Fsp3) is 0.462. The van der Waals surface area contributed by atoms with Crippen LogP contribution < -0.4 is 10.5 Å². The zero-order valence-corrected chi connectivity index (χ0v) is 10.5. The van der Waals surface area contributed by atoms with Crippen LogP contribution in [0.4, 0.5) is 0 Å². The summed E-state index contributed by atoms with van der Waals surface area (Å²) >= 11 is 0. The smallest absolute Gasteiger partial charge is 0.124 e. The van der Waals surface area contributed by atoms with Gasteiger partial charge in [-0.05, 0) is 18.1 Å². The van der Waals surface area contributed by atoms with Crippen molar-refractivity contribution in [1.29, 1.82) is 0 Å². The first-order valence-electron chi connectivity index (χ1n) is 5.95. The Labute approximate surface area is 101 Å². The molecule has 2 aromatic rings. The number of nitrogens with zero attached hydrogens (tertiary/aromatic N) is 1. The Morgan fingerprint density at radius 1 is 1.47 bits per heavy atom. The van der Waals surface area contributed by atoms with Crippen molar-refractivity contribution in [2.75, 3.05) is 7.11 Å². The molecule has 2 rings (SSSR count). The number of fused-ring (bicyclic) bond motifs is 1. The van der Waals surface area contributed by atoms with Crippen molar-refractivity contribution in [3.63, 3.8) is 0 Å². The van der Waals surface area contributed by atoms with Crippen molar-refractivity contribution < 1.29 is 4.74 Å². The number of aromatic amines is 1. The van der Waals surface area contributed by atoms with E-state index in [1.54, 1.807) is 7.11 Å². The second-order valence-corrected chi connectivity index (χ2v) is 4.42. The van der Waals surface area contributed by atoms with Gasteiger partial charge in [-0.1, -0.05) is 20.3 Å². The van der Waals surface area contributed by atoms with Gasteiger partial charge in [0, 0.05) is 6.07 Å². The van der Waals surface area contributed by atoms with Crippen molar-refractivity contribution >= 4 is 11.0 Å². The first-order chi connectivity index (χ1) is 8.15. The van der Waals surface area contributed by atoms with Crippen LogP contribution in [0, 0.1) is 5.92 Å². The molecule has 0 radical (unpaired) electrons. The first-order valence-corrected chi connectivity index (χ1v) is 5.95. The molecule has 92 valence electrons. The lowest BCUT2D eigenvalue weighted by molar-refractivity contribution is 0.415. The molecule has 3 N–H and O–H groups in total. The number of benzene rings is 1. The molecular weight excluding hydrogens is 214 g/mol. The van der Waals surface area contributed by atoms with Gasteiger partial charge < -0.3 is 15.5 Å². The Hall–Kier alpha value is -1.55. The topological polar surface area (TPSA) is 63.9 Å². The number of ether oxygens (including phenoxy) is 1. The third kappa shape index (κ3) is 2.26. The lowest BCUT2D eigenvalue weighted by Crippen LogP contribution is -2.19. The van der Waals surface area contributed by atoms with E-state index in [1.165, 1.54) is 0 Å². The Bertz CT molecular complexity index is 506. The molecule has 4 heteroatoms. The van der Waals surface area contributed by atoms with E-state index in [1.807, 2.05) is 18.2 Å². The van der Waals surface area contributed by atoms with Gasteiger partial charge in [-0.25, -0.2) is 4.98 Å². The molecule has 1 heterocycles. The Kier molecular flexibility index (Phi) is 3.33. The van der Waals surface area contributed by atoms with Gasteiger partial charge >= 0.3 is 0 Å². The molecule has 0 saturated heterocycles. The Balaban J connectivity index is 2.37. The SMILES string of the molecule is CCC(C)C(N)c1nc2ccc(OC)cc2[nH]1. The fourth-order valence-electron chi connectivity index (χ4n) is 1.82. The third-order valence-corrected chi connectivity index (χ3v) is 3.28. The molecule has 1 aromatic carbocycles. The maximum atomic E-state index is 6.16. The largest absolute Gasteiger partial charge is 0.497 e. The summed E-state index contributed by atoms with van der Waals surface area (Å²) in [6.07, 6.45) is 1.04. The maximum Gasteiger partial charge on any atom is 0.124 e. The standard InChI is InChI=1S/C13H19N3O/c1-4-8(2)12(14)13-15-10-6-5-9(17-3)7-11(10)16-13/h5-8,12H,4,14H2,1-3H3,(H,15,16). The van der Waals surface area contributed by atoms with Crippen LogP contribution in [-0.2, 0) is 0 Å². The molecule has 0 bridgehead atoms. The molecule has 17 heavy (non-hydrogen) atoms. The minimum Gasteiger partial charge on any atom is -0.497 e. The summed E-state index contributed by atoms with van der Waals surface area (Å²) in [5.41, 5.74) is 8.06. The van der Waals surface area contributed by atoms with Crippen molar-refractivity contribution in [3.8, 4) is 5.75 Å². The first kappa shape index (κ1) is 11.9. The lowest BCUT2D eigenvalue weighted by Gasteiger charge is -2.15. The number of nitrogens with one attached hydrogen (secondary N) is 1. The van der Waals surface area contributed by atoms with Crippen molar-refractivity contribution in [3.05, 3.63) is 24.0 Å². The minimum absolute atomic E-state index is 0.0432. The predicted molar refractivity (Wildman–Crippen MR) is 69.0 cm³/mol. The van der Waals surface area contributed by atoms with Gasteiger partial charge in [0.15, 0.2) is 0 Å². The van der Waals surface area contributed by atoms with Gasteiger partial charge in [0.1, 0.15) is 11.6 Å². The summed E-state index contributed by atoms with van der Waals surface area (Å²) in [4.78, 5) is 7.79. The summed E-state index contributed by atoms with van der Waals surface area (Å²) in [6, 6.07) is 5.74. The zero-order chi connectivity index (χ0) is 12.4. The van der Waals surface area contributed by atoms with E-state index >= 15 is 0 Å². The highest BCUT2D eigenvalue weighted by Crippen LogP contribution is 2.24. The van der Waals surface area contributed by atoms with Gasteiger partial charge in [-0.3, -0.25) is 0 Å². The van der Waals surface area contributed by atoms with Crippen molar-refractivity contribution in [1.82, 2.24) is 9.97 Å². The number of hydrogen-bond acceptors (Lipinski definition) is 3. The lowest BCUT2D eigenvalue weighted by atomic mass is 10.00. The minimum atomic E-state index is -0.0432. The van der Waals surface area contributed by atoms with Gasteiger partial charge in [-0.15, -0.1) is 0 Å². The predicted octanol–water partition coefficient (Wildman–Crippen LogP) is 2.62. The summed E-state index contributed by atoms with van der Waals surface area (Å²) in [5.74, 6) is 2.09. The van der Waals surface area contributed by atoms with E-state index in [9.17, 15) is 0 Å². The van der Waals surface area contributed by atoms with Crippen LogP contribution in [0.5, 0.6) is 5.75 Å². The number of imidazole rings is 1. The summed E-state index contributed by atoms with van der Waals surface area (Å²) in [5, 5.41) is 0. The molecular formula is C13H19N3O. The third-order valence-electron chi connectivity index (χ3n) is 3.28. The van der Waals surface area contributed by atoms with Crippen molar-refractivity contribution in [2.24, 2.45) is 11.7 Å². The summed E-state index contributed by atoms with van der Waals surface area (Å²) in [7, 11) is 1.66. The molecule has 4 nitrogen and oxygen atoms in total. The number of H-pyrrole nitrogens is 1. The molecule has 1 aromatic heterocycles. The number of methoxy groups -OCH3 is 1. The quantitative estimate of drug-likeness (QED) is 0.853. The average Bonchev–Trinajstić information content (AvgIpc) is 2.79. The molecule has 0 saturated carbocycles. The van der Waals surface area contributed by atoms with Crippen LogP contribution >= 0.6 is 0 Å². The van der Waals surface area contributed by atoms with E-state index in [4.69, 9.17) is 10.5 Å². The molecule has 0 fully saturated rings. The van der Waals surface area contributed by atoms with E-state index < -0.39 is 0 Å². The number of nitrogens with two attached hydrogens (primary N) is 1. The highest BCUT2D eigenvalue weighted by atomic mass is 16.5. The molecule has 0 amide bonds. The van der Waals surface area contributed by atoms with Gasteiger partial charge in [0.25, 0.3) is 0 Å².